The van der Waals surface area contributed by atoms with E-state index in [1.165, 1.54) is 17.7 Å². The second-order valence-electron chi connectivity index (χ2n) is 7.25. The molecule has 152 valence electrons. The van der Waals surface area contributed by atoms with E-state index in [1.54, 1.807) is 13.4 Å². The van der Waals surface area contributed by atoms with E-state index < -0.39 is 0 Å². The number of hydrogen-bond donors (Lipinski definition) is 2. The number of aliphatic imine (C=N–C) groups is 1. The fraction of sp³-hybridized carbons (Fsp3) is 0.500. The maximum atomic E-state index is 5.41. The number of methoxy groups -OCH3 is 1. The van der Waals surface area contributed by atoms with Gasteiger partial charge in [0.2, 0.25) is 0 Å². The van der Waals surface area contributed by atoms with Crippen molar-refractivity contribution >= 4 is 17.7 Å². The van der Waals surface area contributed by atoms with Crippen molar-refractivity contribution in [3.8, 4) is 0 Å². The molecule has 1 aliphatic rings. The van der Waals surface area contributed by atoms with Crippen molar-refractivity contribution in [3.05, 3.63) is 54.5 Å². The van der Waals surface area contributed by atoms with Crippen molar-refractivity contribution in [3.63, 3.8) is 0 Å². The van der Waals surface area contributed by atoms with Crippen LogP contribution < -0.4 is 10.6 Å². The van der Waals surface area contributed by atoms with E-state index in [4.69, 9.17) is 14.1 Å². The van der Waals surface area contributed by atoms with Crippen LogP contribution in [0.1, 0.15) is 25.0 Å². The highest BCUT2D eigenvalue weighted by atomic mass is 32.2. The number of hydrogen-bond acceptors (Lipinski definition) is 4. The van der Waals surface area contributed by atoms with E-state index in [2.05, 4.69) is 34.9 Å². The van der Waals surface area contributed by atoms with Crippen molar-refractivity contribution in [2.75, 3.05) is 39.1 Å². The third kappa shape index (κ3) is 7.24. The van der Waals surface area contributed by atoms with Gasteiger partial charge in [0.05, 0.1) is 6.26 Å². The Kier molecular flexibility index (Phi) is 8.30. The molecule has 1 fully saturated rings. The van der Waals surface area contributed by atoms with Crippen LogP contribution in [0.25, 0.3) is 0 Å². The van der Waals surface area contributed by atoms with Crippen LogP contribution in [0.5, 0.6) is 0 Å². The molecule has 6 heteroatoms. The molecule has 2 aromatic rings. The summed E-state index contributed by atoms with van der Waals surface area (Å²) in [7, 11) is 1.77. The van der Waals surface area contributed by atoms with Gasteiger partial charge < -0.3 is 19.8 Å². The van der Waals surface area contributed by atoms with Crippen LogP contribution in [-0.2, 0) is 11.2 Å². The van der Waals surface area contributed by atoms with Gasteiger partial charge in [0.15, 0.2) is 5.96 Å². The van der Waals surface area contributed by atoms with Crippen LogP contribution in [0.2, 0.25) is 0 Å². The van der Waals surface area contributed by atoms with Crippen molar-refractivity contribution in [2.24, 2.45) is 10.4 Å². The van der Waals surface area contributed by atoms with E-state index in [0.29, 0.717) is 5.41 Å². The first-order valence-corrected chi connectivity index (χ1v) is 11.0. The summed E-state index contributed by atoms with van der Waals surface area (Å²) in [6, 6.07) is 14.4. The number of nitrogens with one attached hydrogen (secondary N) is 2. The Morgan fingerprint density at radius 3 is 2.68 bits per heavy atom. The molecule has 0 radical (unpaired) electrons. The molecule has 28 heavy (non-hydrogen) atoms. The Morgan fingerprint density at radius 1 is 1.14 bits per heavy atom. The summed E-state index contributed by atoms with van der Waals surface area (Å²) in [5, 5.41) is 6.93. The Labute approximate surface area is 172 Å². The van der Waals surface area contributed by atoms with E-state index in [0.717, 1.165) is 56.6 Å². The van der Waals surface area contributed by atoms with Crippen molar-refractivity contribution in [2.45, 2.75) is 30.6 Å². The van der Waals surface area contributed by atoms with E-state index >= 15 is 0 Å². The predicted molar refractivity (Wildman–Crippen MR) is 116 cm³/mol. The summed E-state index contributed by atoms with van der Waals surface area (Å²) in [5.74, 6) is 2.88. The van der Waals surface area contributed by atoms with Crippen LogP contribution in [0.15, 0.2) is 63.0 Å². The molecule has 1 aromatic carbocycles. The molecule has 0 atom stereocenters. The lowest BCUT2D eigenvalue weighted by Gasteiger charge is -2.15. The van der Waals surface area contributed by atoms with E-state index in [1.807, 2.05) is 30.0 Å². The number of guanidine groups is 1. The Morgan fingerprint density at radius 2 is 1.96 bits per heavy atom. The molecule has 1 aromatic heterocycles. The molecule has 0 saturated heterocycles. The monoisotopic (exact) mass is 401 g/mol. The summed E-state index contributed by atoms with van der Waals surface area (Å²) in [5.41, 5.74) is 0.352. The van der Waals surface area contributed by atoms with Gasteiger partial charge in [-0.25, -0.2) is 0 Å². The van der Waals surface area contributed by atoms with Gasteiger partial charge in [-0.15, -0.1) is 11.8 Å². The number of furan rings is 1. The highest BCUT2D eigenvalue weighted by molar-refractivity contribution is 7.99. The number of nitrogens with zero attached hydrogens (tertiary/aromatic N) is 1. The van der Waals surface area contributed by atoms with Crippen LogP contribution in [-0.4, -0.2) is 45.1 Å². The SMILES string of the molecule is COCCC1(CN=C(NCCSc2ccccc2)NCCc2ccco2)CC1. The standard InChI is InChI=1S/C22H31N3O2S/c1-26-16-12-22(10-11-22)18-25-21(23-13-9-19-6-5-15-27-19)24-14-17-28-20-7-3-2-4-8-20/h2-8,15H,9-14,16-18H2,1H3,(H2,23,24,25). The van der Waals surface area contributed by atoms with Gasteiger partial charge in [0, 0.05) is 50.4 Å². The lowest BCUT2D eigenvalue weighted by atomic mass is 10.0. The van der Waals surface area contributed by atoms with Crippen molar-refractivity contribution in [1.82, 2.24) is 10.6 Å². The molecule has 3 rings (SSSR count). The van der Waals surface area contributed by atoms with Gasteiger partial charge >= 0.3 is 0 Å². The third-order valence-electron chi connectivity index (χ3n) is 5.02. The fourth-order valence-corrected chi connectivity index (χ4v) is 3.81. The minimum absolute atomic E-state index is 0.352. The summed E-state index contributed by atoms with van der Waals surface area (Å²) in [4.78, 5) is 6.17. The molecule has 0 amide bonds. The van der Waals surface area contributed by atoms with Crippen LogP contribution >= 0.6 is 11.8 Å². The maximum Gasteiger partial charge on any atom is 0.191 e. The lowest BCUT2D eigenvalue weighted by molar-refractivity contribution is 0.174. The van der Waals surface area contributed by atoms with Crippen LogP contribution in [0.3, 0.4) is 0 Å². The first-order chi connectivity index (χ1) is 13.8. The minimum Gasteiger partial charge on any atom is -0.469 e. The van der Waals surface area contributed by atoms with Crippen molar-refractivity contribution in [1.29, 1.82) is 0 Å². The molecule has 0 spiro atoms. The molecule has 1 aliphatic carbocycles. The summed E-state index contributed by atoms with van der Waals surface area (Å²) in [6.45, 7) is 3.35. The van der Waals surface area contributed by atoms with Crippen LogP contribution in [0, 0.1) is 5.41 Å². The molecular weight excluding hydrogens is 370 g/mol. The fourth-order valence-electron chi connectivity index (χ4n) is 3.02. The zero-order chi connectivity index (χ0) is 19.5. The normalized spacial score (nSPS) is 15.4. The molecule has 0 aliphatic heterocycles. The van der Waals surface area contributed by atoms with Gasteiger partial charge in [0.25, 0.3) is 0 Å². The Balaban J connectivity index is 1.46. The predicted octanol–water partition coefficient (Wildman–Crippen LogP) is 3.97. The summed E-state index contributed by atoms with van der Waals surface area (Å²) in [6.07, 6.45) is 6.17. The molecule has 2 N–H and O–H groups in total. The van der Waals surface area contributed by atoms with E-state index in [9.17, 15) is 0 Å². The quantitative estimate of drug-likeness (QED) is 0.244. The van der Waals surface area contributed by atoms with Gasteiger partial charge in [-0.1, -0.05) is 18.2 Å². The van der Waals surface area contributed by atoms with E-state index in [-0.39, 0.29) is 0 Å². The minimum atomic E-state index is 0.352. The molecule has 5 nitrogen and oxygen atoms in total. The number of rotatable bonds is 12. The highest BCUT2D eigenvalue weighted by Gasteiger charge is 2.41. The summed E-state index contributed by atoms with van der Waals surface area (Å²) >= 11 is 1.85. The van der Waals surface area contributed by atoms with Gasteiger partial charge in [0.1, 0.15) is 5.76 Å². The maximum absolute atomic E-state index is 5.41. The lowest BCUT2D eigenvalue weighted by Crippen LogP contribution is -2.40. The molecule has 0 unspecified atom stereocenters. The molecule has 0 bridgehead atoms. The smallest absolute Gasteiger partial charge is 0.191 e. The zero-order valence-electron chi connectivity index (χ0n) is 16.7. The molecule has 1 saturated carbocycles. The first kappa shape index (κ1) is 20.8. The summed E-state index contributed by atoms with van der Waals surface area (Å²) < 4.78 is 10.7. The first-order valence-electron chi connectivity index (χ1n) is 10.0. The topological polar surface area (TPSA) is 58.8 Å². The molecule has 1 heterocycles. The Hall–Kier alpha value is -1.92. The third-order valence-corrected chi connectivity index (χ3v) is 6.03. The number of thioether (sulfide) groups is 1. The zero-order valence-corrected chi connectivity index (χ0v) is 17.5. The molecular formula is C22H31N3O2S. The second kappa shape index (κ2) is 11.2. The van der Waals surface area contributed by atoms with Gasteiger partial charge in [-0.3, -0.25) is 4.99 Å². The van der Waals surface area contributed by atoms with Gasteiger partial charge in [-0.05, 0) is 48.9 Å². The largest absolute Gasteiger partial charge is 0.469 e. The number of benzene rings is 1. The average Bonchev–Trinajstić information content (AvgIpc) is 3.31. The highest BCUT2D eigenvalue weighted by Crippen LogP contribution is 2.48. The average molecular weight is 402 g/mol. The Bertz CT molecular complexity index is 700. The van der Waals surface area contributed by atoms with Crippen molar-refractivity contribution < 1.29 is 9.15 Å². The second-order valence-corrected chi connectivity index (χ2v) is 8.42. The van der Waals surface area contributed by atoms with Gasteiger partial charge in [-0.2, -0.15) is 0 Å². The number of ether oxygens (including phenoxy) is 1. The van der Waals surface area contributed by atoms with Crippen LogP contribution in [0.4, 0.5) is 0 Å².